The monoisotopic (exact) mass is 220 g/mol. The molecular formula is C12H17N2P. The maximum absolute atomic E-state index is 4.37. The molecule has 2 rings (SSSR count). The lowest BCUT2D eigenvalue weighted by molar-refractivity contribution is 0.532. The maximum Gasteiger partial charge on any atom is 0.0527 e. The van der Waals surface area contributed by atoms with E-state index in [1.54, 1.807) is 0 Å². The molecule has 2 atom stereocenters. The van der Waals surface area contributed by atoms with Gasteiger partial charge in [0.2, 0.25) is 0 Å². The van der Waals surface area contributed by atoms with Crippen LogP contribution in [0.4, 0.5) is 0 Å². The van der Waals surface area contributed by atoms with E-state index in [2.05, 4.69) is 52.6 Å². The molecule has 0 fully saturated rings. The van der Waals surface area contributed by atoms with Gasteiger partial charge in [0.15, 0.2) is 0 Å². The van der Waals surface area contributed by atoms with Crippen molar-refractivity contribution in [1.29, 1.82) is 0 Å². The van der Waals surface area contributed by atoms with Crippen LogP contribution < -0.4 is 0 Å². The van der Waals surface area contributed by atoms with Gasteiger partial charge in [-0.1, -0.05) is 18.2 Å². The van der Waals surface area contributed by atoms with Gasteiger partial charge in [-0.15, -0.1) is 9.24 Å². The summed E-state index contributed by atoms with van der Waals surface area (Å²) in [7, 11) is 2.73. The van der Waals surface area contributed by atoms with Crippen molar-refractivity contribution in [2.75, 3.05) is 0 Å². The van der Waals surface area contributed by atoms with Crippen LogP contribution in [-0.2, 0) is 0 Å². The first-order chi connectivity index (χ1) is 7.16. The molecule has 15 heavy (non-hydrogen) atoms. The van der Waals surface area contributed by atoms with Gasteiger partial charge in [-0.2, -0.15) is 5.10 Å². The second-order valence-corrected chi connectivity index (χ2v) is 4.92. The largest absolute Gasteiger partial charge is 0.270 e. The van der Waals surface area contributed by atoms with Crippen molar-refractivity contribution >= 4 is 9.24 Å². The second kappa shape index (κ2) is 4.32. The lowest BCUT2D eigenvalue weighted by Gasteiger charge is -2.12. The van der Waals surface area contributed by atoms with E-state index in [1.807, 2.05) is 10.9 Å². The molecule has 0 N–H and O–H groups in total. The van der Waals surface area contributed by atoms with Crippen LogP contribution in [-0.4, -0.2) is 9.78 Å². The van der Waals surface area contributed by atoms with Crippen molar-refractivity contribution in [3.63, 3.8) is 0 Å². The van der Waals surface area contributed by atoms with Crippen molar-refractivity contribution in [3.05, 3.63) is 41.5 Å². The highest BCUT2D eigenvalue weighted by Crippen LogP contribution is 2.28. The van der Waals surface area contributed by atoms with Gasteiger partial charge in [0, 0.05) is 18.2 Å². The standard InChI is InChI=1S/C12H17N2P/c1-9(2)14-8-11(7-13-14)10-3-5-12(15)6-4-10/h3,5-10H,4,15H2,1-2H3. The van der Waals surface area contributed by atoms with E-state index in [0.717, 1.165) is 6.42 Å². The lowest BCUT2D eigenvalue weighted by atomic mass is 9.95. The summed E-state index contributed by atoms with van der Waals surface area (Å²) in [5, 5.41) is 5.65. The Bertz CT molecular complexity index is 402. The van der Waals surface area contributed by atoms with Gasteiger partial charge in [0.25, 0.3) is 0 Å². The molecule has 0 aliphatic heterocycles. The van der Waals surface area contributed by atoms with Crippen molar-refractivity contribution in [1.82, 2.24) is 9.78 Å². The van der Waals surface area contributed by atoms with Crippen molar-refractivity contribution < 1.29 is 0 Å². The highest BCUT2D eigenvalue weighted by molar-refractivity contribution is 7.22. The minimum atomic E-state index is 0.444. The molecule has 1 aliphatic carbocycles. The Hall–Kier alpha value is -0.880. The number of rotatable bonds is 2. The van der Waals surface area contributed by atoms with E-state index in [0.29, 0.717) is 12.0 Å². The smallest absolute Gasteiger partial charge is 0.0527 e. The van der Waals surface area contributed by atoms with Crippen LogP contribution in [0.25, 0.3) is 0 Å². The molecule has 1 heterocycles. The van der Waals surface area contributed by atoms with Crippen LogP contribution in [0.2, 0.25) is 0 Å². The SMILES string of the molecule is CC(C)n1cc(C2C=CC(P)=CC2)cn1. The Morgan fingerprint density at radius 3 is 2.87 bits per heavy atom. The number of hydrogen-bond acceptors (Lipinski definition) is 1. The normalized spacial score (nSPS) is 20.8. The molecule has 0 saturated carbocycles. The van der Waals surface area contributed by atoms with Crippen LogP contribution in [0.1, 0.15) is 37.8 Å². The lowest BCUT2D eigenvalue weighted by Crippen LogP contribution is -2.00. The summed E-state index contributed by atoms with van der Waals surface area (Å²) >= 11 is 0. The van der Waals surface area contributed by atoms with E-state index in [4.69, 9.17) is 0 Å². The van der Waals surface area contributed by atoms with Gasteiger partial charge in [-0.05, 0) is 31.1 Å². The third-order valence-corrected chi connectivity index (χ3v) is 3.14. The molecule has 2 nitrogen and oxygen atoms in total. The molecule has 0 bridgehead atoms. The molecule has 0 spiro atoms. The van der Waals surface area contributed by atoms with Crippen LogP contribution in [0.3, 0.4) is 0 Å². The van der Waals surface area contributed by atoms with Crippen molar-refractivity contribution in [3.8, 4) is 0 Å². The van der Waals surface area contributed by atoms with Crippen LogP contribution in [0.5, 0.6) is 0 Å². The molecule has 2 unspecified atom stereocenters. The molecule has 1 aromatic rings. The summed E-state index contributed by atoms with van der Waals surface area (Å²) in [6, 6.07) is 0.444. The molecule has 80 valence electrons. The molecule has 1 aromatic heterocycles. The predicted molar refractivity (Wildman–Crippen MR) is 66.9 cm³/mol. The molecule has 3 heteroatoms. The van der Waals surface area contributed by atoms with Crippen LogP contribution in [0, 0.1) is 0 Å². The fourth-order valence-electron chi connectivity index (χ4n) is 1.71. The number of aromatic nitrogens is 2. The number of allylic oxidation sites excluding steroid dienone is 4. The fraction of sp³-hybridized carbons (Fsp3) is 0.417. The first-order valence-corrected chi connectivity index (χ1v) is 5.92. The summed E-state index contributed by atoms with van der Waals surface area (Å²) in [6.07, 6.45) is 11.9. The van der Waals surface area contributed by atoms with E-state index >= 15 is 0 Å². The topological polar surface area (TPSA) is 17.8 Å². The average molecular weight is 220 g/mol. The Balaban J connectivity index is 2.14. The van der Waals surface area contributed by atoms with Gasteiger partial charge in [0.1, 0.15) is 0 Å². The highest BCUT2D eigenvalue weighted by atomic mass is 31.0. The second-order valence-electron chi connectivity index (χ2n) is 4.25. The number of nitrogens with zero attached hydrogens (tertiary/aromatic N) is 2. The third-order valence-electron chi connectivity index (χ3n) is 2.71. The molecular weight excluding hydrogens is 203 g/mol. The Morgan fingerprint density at radius 1 is 1.53 bits per heavy atom. The van der Waals surface area contributed by atoms with Gasteiger partial charge in [-0.25, -0.2) is 0 Å². The molecule has 1 aliphatic rings. The van der Waals surface area contributed by atoms with E-state index in [9.17, 15) is 0 Å². The minimum Gasteiger partial charge on any atom is -0.270 e. The van der Waals surface area contributed by atoms with E-state index < -0.39 is 0 Å². The van der Waals surface area contributed by atoms with Crippen molar-refractivity contribution in [2.24, 2.45) is 0 Å². The van der Waals surface area contributed by atoms with Gasteiger partial charge in [-0.3, -0.25) is 4.68 Å². The van der Waals surface area contributed by atoms with E-state index in [1.165, 1.54) is 10.9 Å². The fourth-order valence-corrected chi connectivity index (χ4v) is 1.96. The summed E-state index contributed by atoms with van der Waals surface area (Å²) in [6.45, 7) is 4.29. The predicted octanol–water partition coefficient (Wildman–Crippen LogP) is 3.27. The van der Waals surface area contributed by atoms with Crippen molar-refractivity contribution in [2.45, 2.75) is 32.2 Å². The van der Waals surface area contributed by atoms with Crippen LogP contribution in [0.15, 0.2) is 35.9 Å². The molecule has 0 saturated heterocycles. The molecule has 0 radical (unpaired) electrons. The maximum atomic E-state index is 4.37. The summed E-state index contributed by atoms with van der Waals surface area (Å²) < 4.78 is 2.02. The zero-order valence-corrected chi connectivity index (χ0v) is 10.4. The Labute approximate surface area is 93.3 Å². The first-order valence-electron chi connectivity index (χ1n) is 5.34. The average Bonchev–Trinajstić information content (AvgIpc) is 2.68. The molecule has 0 aromatic carbocycles. The first kappa shape index (κ1) is 10.6. The highest BCUT2D eigenvalue weighted by Gasteiger charge is 2.12. The Kier molecular flexibility index (Phi) is 3.06. The third kappa shape index (κ3) is 2.38. The zero-order chi connectivity index (χ0) is 10.8. The Morgan fingerprint density at radius 2 is 2.33 bits per heavy atom. The van der Waals surface area contributed by atoms with Gasteiger partial charge < -0.3 is 0 Å². The summed E-state index contributed by atoms with van der Waals surface area (Å²) in [5.41, 5.74) is 1.31. The zero-order valence-electron chi connectivity index (χ0n) is 9.22. The summed E-state index contributed by atoms with van der Waals surface area (Å²) in [4.78, 5) is 0. The van der Waals surface area contributed by atoms with Crippen LogP contribution >= 0.6 is 9.24 Å². The van der Waals surface area contributed by atoms with E-state index in [-0.39, 0.29) is 0 Å². The minimum absolute atomic E-state index is 0.444. The van der Waals surface area contributed by atoms with Gasteiger partial charge in [0.05, 0.1) is 6.20 Å². The number of hydrogen-bond donors (Lipinski definition) is 0. The summed E-state index contributed by atoms with van der Waals surface area (Å²) in [5.74, 6) is 0.502. The van der Waals surface area contributed by atoms with Gasteiger partial charge >= 0.3 is 0 Å². The molecule has 0 amide bonds. The quantitative estimate of drug-likeness (QED) is 0.699.